The molecule has 0 saturated carbocycles. The molecule has 1 aliphatic heterocycles. The van der Waals surface area contributed by atoms with Gasteiger partial charge in [-0.2, -0.15) is 0 Å². The number of aromatic carboxylic acids is 1. The maximum absolute atomic E-state index is 12.7. The molecule has 0 saturated heterocycles. The summed E-state index contributed by atoms with van der Waals surface area (Å²) in [6.45, 7) is 0. The van der Waals surface area contributed by atoms with Gasteiger partial charge in [-0.25, -0.2) is 14.7 Å². The van der Waals surface area contributed by atoms with Gasteiger partial charge in [0.25, 0.3) is 11.8 Å². The van der Waals surface area contributed by atoms with E-state index in [1.165, 1.54) is 48.7 Å². The third-order valence-electron chi connectivity index (χ3n) is 4.42. The van der Waals surface area contributed by atoms with E-state index in [4.69, 9.17) is 5.11 Å². The molecule has 3 aromatic rings. The number of carboxylic acids is 1. The van der Waals surface area contributed by atoms with Crippen molar-refractivity contribution in [3.8, 4) is 0 Å². The lowest BCUT2D eigenvalue weighted by molar-refractivity contribution is 0.0695. The van der Waals surface area contributed by atoms with Crippen LogP contribution in [0.1, 0.15) is 47.0 Å². The minimum atomic E-state index is -1.09. The van der Waals surface area contributed by atoms with Crippen LogP contribution < -0.4 is 4.90 Å². The number of carbonyl (C=O) groups is 4. The summed E-state index contributed by atoms with van der Waals surface area (Å²) < 4.78 is 0. The molecule has 0 atom stereocenters. The van der Waals surface area contributed by atoms with Crippen LogP contribution in [-0.2, 0) is 0 Å². The first-order valence-electron chi connectivity index (χ1n) is 8.29. The number of hydrogen-bond donors (Lipinski definition) is 1. The van der Waals surface area contributed by atoms with Crippen molar-refractivity contribution in [3.63, 3.8) is 0 Å². The minimum Gasteiger partial charge on any atom is -0.478 e. The second kappa shape index (κ2) is 6.55. The van der Waals surface area contributed by atoms with E-state index in [1.807, 2.05) is 0 Å². The van der Waals surface area contributed by atoms with Crippen LogP contribution in [0.5, 0.6) is 0 Å². The molecule has 1 aliphatic rings. The van der Waals surface area contributed by atoms with E-state index >= 15 is 0 Å². The van der Waals surface area contributed by atoms with Gasteiger partial charge in [0.2, 0.25) is 0 Å². The van der Waals surface area contributed by atoms with Gasteiger partial charge in [-0.15, -0.1) is 0 Å². The monoisotopic (exact) mass is 372 g/mol. The first-order chi connectivity index (χ1) is 13.5. The fourth-order valence-electron chi connectivity index (χ4n) is 3.01. The van der Waals surface area contributed by atoms with Gasteiger partial charge in [0, 0.05) is 17.3 Å². The first kappa shape index (κ1) is 17.3. The smallest absolute Gasteiger partial charge is 0.335 e. The summed E-state index contributed by atoms with van der Waals surface area (Å²) >= 11 is 0. The number of ketones is 1. The van der Waals surface area contributed by atoms with Gasteiger partial charge in [0.05, 0.1) is 16.7 Å². The van der Waals surface area contributed by atoms with Crippen LogP contribution in [0.3, 0.4) is 0 Å². The minimum absolute atomic E-state index is 0.0669. The molecule has 136 valence electrons. The fraction of sp³-hybridized carbons (Fsp3) is 0. The first-order valence-corrected chi connectivity index (χ1v) is 8.29. The third kappa shape index (κ3) is 2.75. The average molecular weight is 372 g/mol. The van der Waals surface area contributed by atoms with Crippen LogP contribution in [0.25, 0.3) is 0 Å². The number of anilines is 1. The lowest BCUT2D eigenvalue weighted by Crippen LogP contribution is -2.30. The van der Waals surface area contributed by atoms with E-state index in [1.54, 1.807) is 18.2 Å². The number of rotatable bonds is 4. The van der Waals surface area contributed by atoms with Crippen molar-refractivity contribution in [1.82, 2.24) is 4.98 Å². The lowest BCUT2D eigenvalue weighted by Gasteiger charge is -2.11. The molecule has 0 spiro atoms. The highest BCUT2D eigenvalue weighted by atomic mass is 16.4. The number of fused-ring (bicyclic) bond motifs is 1. The van der Waals surface area contributed by atoms with E-state index in [9.17, 15) is 19.2 Å². The number of carbonyl (C=O) groups excluding carboxylic acids is 3. The Morgan fingerprint density at radius 1 is 0.786 bits per heavy atom. The SMILES string of the molecule is O=C(O)c1ccc(C(=O)c2ccc3c(c2)C(=O)N(c2ccccn2)C3=O)cc1. The molecule has 0 unspecified atom stereocenters. The average Bonchev–Trinajstić information content (AvgIpc) is 2.98. The Morgan fingerprint density at radius 2 is 1.43 bits per heavy atom. The third-order valence-corrected chi connectivity index (χ3v) is 4.42. The van der Waals surface area contributed by atoms with Crippen LogP contribution in [0.2, 0.25) is 0 Å². The van der Waals surface area contributed by atoms with Gasteiger partial charge in [-0.1, -0.05) is 24.3 Å². The second-order valence-electron chi connectivity index (χ2n) is 6.11. The van der Waals surface area contributed by atoms with Crippen LogP contribution >= 0.6 is 0 Å². The predicted molar refractivity (Wildman–Crippen MR) is 98.7 cm³/mol. The largest absolute Gasteiger partial charge is 0.478 e. The summed E-state index contributed by atoms with van der Waals surface area (Å²) in [5.41, 5.74) is 0.906. The number of benzene rings is 2. The molecule has 0 aliphatic carbocycles. The van der Waals surface area contributed by atoms with Crippen LogP contribution in [0.4, 0.5) is 5.82 Å². The van der Waals surface area contributed by atoms with Gasteiger partial charge in [-0.05, 0) is 36.4 Å². The van der Waals surface area contributed by atoms with Crippen molar-refractivity contribution in [2.24, 2.45) is 0 Å². The number of amides is 2. The molecule has 0 fully saturated rings. The lowest BCUT2D eigenvalue weighted by atomic mass is 9.98. The Hall–Kier alpha value is -4.13. The summed E-state index contributed by atoms with van der Waals surface area (Å²) in [5.74, 6) is -2.30. The highest BCUT2D eigenvalue weighted by molar-refractivity contribution is 6.34. The Bertz CT molecular complexity index is 1140. The Labute approximate surface area is 158 Å². The number of hydrogen-bond acceptors (Lipinski definition) is 5. The summed E-state index contributed by atoms with van der Waals surface area (Å²) in [5, 5.41) is 8.95. The number of aromatic nitrogens is 1. The zero-order valence-electron chi connectivity index (χ0n) is 14.3. The number of carboxylic acid groups (broad SMARTS) is 1. The highest BCUT2D eigenvalue weighted by Gasteiger charge is 2.37. The molecule has 1 N–H and O–H groups in total. The van der Waals surface area contributed by atoms with Gasteiger partial charge in [0.1, 0.15) is 5.82 Å². The zero-order chi connectivity index (χ0) is 19.8. The zero-order valence-corrected chi connectivity index (χ0v) is 14.3. The van der Waals surface area contributed by atoms with Crippen molar-refractivity contribution in [3.05, 3.63) is 94.7 Å². The van der Waals surface area contributed by atoms with Crippen molar-refractivity contribution in [1.29, 1.82) is 0 Å². The highest BCUT2D eigenvalue weighted by Crippen LogP contribution is 2.28. The summed E-state index contributed by atoms with van der Waals surface area (Å²) in [7, 11) is 0. The molecule has 2 amide bonds. The molecule has 7 nitrogen and oxygen atoms in total. The quantitative estimate of drug-likeness (QED) is 0.558. The van der Waals surface area contributed by atoms with Crippen LogP contribution in [0, 0.1) is 0 Å². The molecular formula is C21H12N2O5. The van der Waals surface area contributed by atoms with Gasteiger partial charge in [-0.3, -0.25) is 14.4 Å². The molecule has 7 heteroatoms. The Morgan fingerprint density at radius 3 is 2.07 bits per heavy atom. The van der Waals surface area contributed by atoms with Gasteiger partial charge in [0.15, 0.2) is 5.78 Å². The Kier molecular flexibility index (Phi) is 4.04. The number of pyridine rings is 1. The molecule has 0 radical (unpaired) electrons. The molecule has 4 rings (SSSR count). The van der Waals surface area contributed by atoms with Crippen molar-refractivity contribution >= 4 is 29.4 Å². The van der Waals surface area contributed by atoms with Crippen molar-refractivity contribution in [2.75, 3.05) is 4.90 Å². The molecule has 28 heavy (non-hydrogen) atoms. The fourth-order valence-corrected chi connectivity index (χ4v) is 3.01. The molecule has 1 aromatic heterocycles. The maximum atomic E-state index is 12.7. The number of imide groups is 1. The molecular weight excluding hydrogens is 360 g/mol. The van der Waals surface area contributed by atoms with Gasteiger partial charge < -0.3 is 5.11 Å². The van der Waals surface area contributed by atoms with Crippen LogP contribution in [0.15, 0.2) is 66.9 Å². The maximum Gasteiger partial charge on any atom is 0.335 e. The summed E-state index contributed by atoms with van der Waals surface area (Å²) in [4.78, 5) is 54.0. The second-order valence-corrected chi connectivity index (χ2v) is 6.11. The van der Waals surface area contributed by atoms with Crippen molar-refractivity contribution in [2.45, 2.75) is 0 Å². The molecule has 0 bridgehead atoms. The van der Waals surface area contributed by atoms with E-state index in [-0.39, 0.29) is 39.4 Å². The molecule has 2 heterocycles. The predicted octanol–water partition coefficient (Wildman–Crippen LogP) is 2.81. The standard InChI is InChI=1S/C21H12N2O5/c24-18(12-4-6-13(7-5-12)21(27)28)14-8-9-15-16(11-14)20(26)23(19(15)25)17-3-1-2-10-22-17/h1-11H,(H,27,28). The topological polar surface area (TPSA) is 105 Å². The van der Waals surface area contributed by atoms with Crippen molar-refractivity contribution < 1.29 is 24.3 Å². The normalized spacial score (nSPS) is 12.8. The van der Waals surface area contributed by atoms with E-state index in [0.29, 0.717) is 0 Å². The molecule has 2 aromatic carbocycles. The van der Waals surface area contributed by atoms with Gasteiger partial charge >= 0.3 is 5.97 Å². The van der Waals surface area contributed by atoms with E-state index in [0.717, 1.165) is 4.90 Å². The van der Waals surface area contributed by atoms with E-state index < -0.39 is 17.8 Å². The number of nitrogens with zero attached hydrogens (tertiary/aromatic N) is 2. The van der Waals surface area contributed by atoms with E-state index in [2.05, 4.69) is 4.98 Å². The summed E-state index contributed by atoms with van der Waals surface area (Å²) in [6, 6.07) is 14.7. The summed E-state index contributed by atoms with van der Waals surface area (Å²) in [6.07, 6.45) is 1.48. The van der Waals surface area contributed by atoms with Crippen LogP contribution in [-0.4, -0.2) is 33.7 Å². The Balaban J connectivity index is 1.68.